The van der Waals surface area contributed by atoms with Crippen LogP contribution in [0.3, 0.4) is 0 Å². The number of likely N-dealkylation sites (tertiary alicyclic amines) is 1. The Labute approximate surface area is 138 Å². The molecule has 0 N–H and O–H groups in total. The Morgan fingerprint density at radius 1 is 1.22 bits per heavy atom. The molecule has 0 bridgehead atoms. The van der Waals surface area contributed by atoms with Crippen LogP contribution in [0.4, 0.5) is 5.69 Å². The third-order valence-electron chi connectivity index (χ3n) is 3.82. The minimum atomic E-state index is -3.59. The van der Waals surface area contributed by atoms with Crippen LogP contribution in [0.25, 0.3) is 0 Å². The van der Waals surface area contributed by atoms with Gasteiger partial charge >= 0.3 is 0 Å². The minimum absolute atomic E-state index is 0.165. The smallest absolute Gasteiger partial charge is 0.243 e. The molecular formula is C16H24N2O4S. The van der Waals surface area contributed by atoms with Gasteiger partial charge in [-0.2, -0.15) is 0 Å². The summed E-state index contributed by atoms with van der Waals surface area (Å²) in [7, 11) is -3.59. The van der Waals surface area contributed by atoms with Crippen molar-refractivity contribution in [3.8, 4) is 5.75 Å². The molecule has 2 rings (SSSR count). The molecule has 1 amide bonds. The van der Waals surface area contributed by atoms with E-state index in [1.54, 1.807) is 29.2 Å². The summed E-state index contributed by atoms with van der Waals surface area (Å²) in [4.78, 5) is 14.2. The summed E-state index contributed by atoms with van der Waals surface area (Å²) in [6, 6.07) is 6.89. The van der Waals surface area contributed by atoms with Crippen LogP contribution in [0.1, 0.15) is 26.2 Å². The van der Waals surface area contributed by atoms with Crippen LogP contribution < -0.4 is 9.04 Å². The van der Waals surface area contributed by atoms with Gasteiger partial charge in [-0.15, -0.1) is 0 Å². The lowest BCUT2D eigenvalue weighted by Crippen LogP contribution is -2.44. The van der Waals surface area contributed by atoms with Crippen LogP contribution >= 0.6 is 0 Å². The van der Waals surface area contributed by atoms with E-state index in [1.807, 2.05) is 6.92 Å². The van der Waals surface area contributed by atoms with Crippen molar-refractivity contribution in [2.75, 3.05) is 36.8 Å². The average molecular weight is 340 g/mol. The van der Waals surface area contributed by atoms with Crippen molar-refractivity contribution in [2.24, 2.45) is 0 Å². The average Bonchev–Trinajstić information content (AvgIpc) is 2.53. The molecule has 1 fully saturated rings. The van der Waals surface area contributed by atoms with Crippen molar-refractivity contribution in [2.45, 2.75) is 26.2 Å². The van der Waals surface area contributed by atoms with Crippen LogP contribution in [-0.4, -0.2) is 51.7 Å². The zero-order valence-electron chi connectivity index (χ0n) is 13.7. The van der Waals surface area contributed by atoms with E-state index in [1.165, 1.54) is 0 Å². The molecule has 0 spiro atoms. The number of amides is 1. The molecular weight excluding hydrogens is 316 g/mol. The SMILES string of the molecule is CCOc1ccccc1N(CC(=O)N1CCCCC1)S(C)(=O)=O. The second-order valence-corrected chi connectivity index (χ2v) is 7.52. The van der Waals surface area contributed by atoms with E-state index < -0.39 is 10.0 Å². The molecule has 1 aliphatic rings. The normalized spacial score (nSPS) is 15.3. The second kappa shape index (κ2) is 7.68. The van der Waals surface area contributed by atoms with Crippen molar-refractivity contribution in [1.82, 2.24) is 4.90 Å². The van der Waals surface area contributed by atoms with Gasteiger partial charge in [0.25, 0.3) is 0 Å². The topological polar surface area (TPSA) is 66.9 Å². The van der Waals surface area contributed by atoms with Crippen molar-refractivity contribution < 1.29 is 17.9 Å². The predicted molar refractivity (Wildman–Crippen MR) is 90.2 cm³/mol. The summed E-state index contributed by atoms with van der Waals surface area (Å²) in [6.45, 7) is 3.46. The number of hydrogen-bond acceptors (Lipinski definition) is 4. The Kier molecular flexibility index (Phi) is 5.87. The van der Waals surface area contributed by atoms with Crippen molar-refractivity contribution in [3.63, 3.8) is 0 Å². The van der Waals surface area contributed by atoms with Gasteiger partial charge < -0.3 is 9.64 Å². The fraction of sp³-hybridized carbons (Fsp3) is 0.562. The number of nitrogens with zero attached hydrogens (tertiary/aromatic N) is 2. The maximum Gasteiger partial charge on any atom is 0.243 e. The largest absolute Gasteiger partial charge is 0.492 e. The fourth-order valence-corrected chi connectivity index (χ4v) is 3.54. The molecule has 1 aromatic rings. The number of benzene rings is 1. The molecule has 0 radical (unpaired) electrons. The Morgan fingerprint density at radius 2 is 1.87 bits per heavy atom. The first-order valence-corrected chi connectivity index (χ1v) is 9.75. The van der Waals surface area contributed by atoms with Crippen LogP contribution in [-0.2, 0) is 14.8 Å². The lowest BCUT2D eigenvalue weighted by molar-refractivity contribution is -0.130. The third kappa shape index (κ3) is 4.60. The first-order chi connectivity index (χ1) is 10.9. The van der Waals surface area contributed by atoms with Crippen LogP contribution in [0.5, 0.6) is 5.75 Å². The van der Waals surface area contributed by atoms with Crippen molar-refractivity contribution >= 4 is 21.6 Å². The van der Waals surface area contributed by atoms with Gasteiger partial charge in [-0.3, -0.25) is 9.10 Å². The van der Waals surface area contributed by atoms with Gasteiger partial charge in [-0.25, -0.2) is 8.42 Å². The van der Waals surface area contributed by atoms with Gasteiger partial charge in [0, 0.05) is 13.1 Å². The molecule has 128 valence electrons. The summed E-state index contributed by atoms with van der Waals surface area (Å²) in [5, 5.41) is 0. The standard InChI is InChI=1S/C16H24N2O4S/c1-3-22-15-10-6-5-9-14(15)18(23(2,20)21)13-16(19)17-11-7-4-8-12-17/h5-6,9-10H,3-4,7-8,11-13H2,1-2H3. The molecule has 1 saturated heterocycles. The molecule has 0 aromatic heterocycles. The van der Waals surface area contributed by atoms with Gasteiger partial charge in [0.1, 0.15) is 12.3 Å². The van der Waals surface area contributed by atoms with Crippen LogP contribution in [0.2, 0.25) is 0 Å². The lowest BCUT2D eigenvalue weighted by atomic mass is 10.1. The highest BCUT2D eigenvalue weighted by Gasteiger charge is 2.26. The number of ether oxygens (including phenoxy) is 1. The van der Waals surface area contributed by atoms with Gasteiger partial charge in [-0.05, 0) is 38.3 Å². The number of hydrogen-bond donors (Lipinski definition) is 0. The zero-order valence-corrected chi connectivity index (χ0v) is 14.5. The highest BCUT2D eigenvalue weighted by molar-refractivity contribution is 7.92. The van der Waals surface area contributed by atoms with E-state index in [-0.39, 0.29) is 12.5 Å². The van der Waals surface area contributed by atoms with E-state index >= 15 is 0 Å². The van der Waals surface area contributed by atoms with E-state index in [0.29, 0.717) is 31.1 Å². The molecule has 0 unspecified atom stereocenters. The molecule has 6 nitrogen and oxygen atoms in total. The Balaban J connectivity index is 2.26. The summed E-state index contributed by atoms with van der Waals surface area (Å²) in [5.74, 6) is 0.299. The maximum absolute atomic E-state index is 12.5. The number of rotatable bonds is 6. The quantitative estimate of drug-likeness (QED) is 0.793. The monoisotopic (exact) mass is 340 g/mol. The predicted octanol–water partition coefficient (Wildman–Crippen LogP) is 1.86. The second-order valence-electron chi connectivity index (χ2n) is 5.61. The molecule has 1 aliphatic heterocycles. The third-order valence-corrected chi connectivity index (χ3v) is 4.95. The minimum Gasteiger partial charge on any atom is -0.492 e. The Bertz CT molecular complexity index is 639. The Hall–Kier alpha value is -1.76. The number of piperidine rings is 1. The molecule has 0 saturated carbocycles. The lowest BCUT2D eigenvalue weighted by Gasteiger charge is -2.30. The van der Waals surface area contributed by atoms with Gasteiger partial charge in [0.2, 0.25) is 15.9 Å². The van der Waals surface area contributed by atoms with Gasteiger partial charge in [-0.1, -0.05) is 12.1 Å². The molecule has 0 aliphatic carbocycles. The van der Waals surface area contributed by atoms with Crippen molar-refractivity contribution in [1.29, 1.82) is 0 Å². The van der Waals surface area contributed by atoms with Gasteiger partial charge in [0.15, 0.2) is 0 Å². The number of para-hydroxylation sites is 2. The number of carbonyl (C=O) groups excluding carboxylic acids is 1. The molecule has 1 aromatic carbocycles. The molecule has 1 heterocycles. The summed E-state index contributed by atoms with van der Waals surface area (Å²) >= 11 is 0. The first-order valence-electron chi connectivity index (χ1n) is 7.90. The van der Waals surface area contributed by atoms with E-state index in [9.17, 15) is 13.2 Å². The highest BCUT2D eigenvalue weighted by Crippen LogP contribution is 2.30. The molecule has 23 heavy (non-hydrogen) atoms. The summed E-state index contributed by atoms with van der Waals surface area (Å²) in [5.41, 5.74) is 0.405. The zero-order chi connectivity index (χ0) is 16.9. The number of carbonyl (C=O) groups is 1. The van der Waals surface area contributed by atoms with Gasteiger partial charge in [0.05, 0.1) is 18.6 Å². The highest BCUT2D eigenvalue weighted by atomic mass is 32.2. The maximum atomic E-state index is 12.5. The summed E-state index contributed by atoms with van der Waals surface area (Å²) < 4.78 is 31.1. The first kappa shape index (κ1) is 17.6. The number of anilines is 1. The fourth-order valence-electron chi connectivity index (χ4n) is 2.69. The van der Waals surface area contributed by atoms with Crippen molar-refractivity contribution in [3.05, 3.63) is 24.3 Å². The Morgan fingerprint density at radius 3 is 2.48 bits per heavy atom. The summed E-state index contributed by atoms with van der Waals surface area (Å²) in [6.07, 6.45) is 4.17. The van der Waals surface area contributed by atoms with Crippen LogP contribution in [0.15, 0.2) is 24.3 Å². The number of sulfonamides is 1. The molecule has 0 atom stereocenters. The molecule has 7 heteroatoms. The van der Waals surface area contributed by atoms with E-state index in [0.717, 1.165) is 29.8 Å². The van der Waals surface area contributed by atoms with E-state index in [4.69, 9.17) is 4.74 Å². The van der Waals surface area contributed by atoms with Crippen LogP contribution in [0, 0.1) is 0 Å². The van der Waals surface area contributed by atoms with E-state index in [2.05, 4.69) is 0 Å².